The van der Waals surface area contributed by atoms with Gasteiger partial charge in [-0.2, -0.15) is 0 Å². The molecule has 0 spiro atoms. The summed E-state index contributed by atoms with van der Waals surface area (Å²) in [6, 6.07) is 14.3. The molecule has 0 amide bonds. The number of carbonyl (C=O) groups excluding carboxylic acids is 1. The van der Waals surface area contributed by atoms with E-state index in [1.54, 1.807) is 31.2 Å². The molecule has 30 heavy (non-hydrogen) atoms. The first-order valence-corrected chi connectivity index (χ1v) is 11.3. The number of hydrogen-bond acceptors (Lipinski definition) is 6. The van der Waals surface area contributed by atoms with Gasteiger partial charge in [0.25, 0.3) is 0 Å². The maximum absolute atomic E-state index is 12.8. The summed E-state index contributed by atoms with van der Waals surface area (Å²) in [7, 11) is 3.83. The average molecular weight is 464 g/mol. The summed E-state index contributed by atoms with van der Waals surface area (Å²) in [6.07, 6.45) is 0. The molecule has 0 fully saturated rings. The van der Waals surface area contributed by atoms with E-state index >= 15 is 0 Å². The third kappa shape index (κ3) is 4.84. The van der Waals surface area contributed by atoms with Gasteiger partial charge in [-0.1, -0.05) is 35.9 Å². The number of thiophene rings is 1. The van der Waals surface area contributed by atoms with Crippen LogP contribution in [0.3, 0.4) is 0 Å². The van der Waals surface area contributed by atoms with E-state index in [4.69, 9.17) is 16.3 Å². The van der Waals surface area contributed by atoms with E-state index in [9.17, 15) is 13.6 Å². The van der Waals surface area contributed by atoms with Gasteiger partial charge in [-0.25, -0.2) is 4.79 Å². The molecule has 0 aliphatic heterocycles. The van der Waals surface area contributed by atoms with E-state index in [0.29, 0.717) is 15.6 Å². The summed E-state index contributed by atoms with van der Waals surface area (Å²) >= 11 is 5.00. The molecule has 3 rings (SSSR count). The summed E-state index contributed by atoms with van der Waals surface area (Å²) in [4.78, 5) is 16.1. The molecular weight excluding hydrogens is 444 g/mol. The Morgan fingerprint density at radius 3 is 2.27 bits per heavy atom. The smallest absolute Gasteiger partial charge is 0.349 e. The van der Waals surface area contributed by atoms with Crippen molar-refractivity contribution in [1.82, 2.24) is 0 Å². The van der Waals surface area contributed by atoms with Crippen LogP contribution in [-0.2, 0) is 16.0 Å². The van der Waals surface area contributed by atoms with Gasteiger partial charge in [-0.3, -0.25) is 4.21 Å². The summed E-state index contributed by atoms with van der Waals surface area (Å²) in [5.74, 6) is -0.399. The summed E-state index contributed by atoms with van der Waals surface area (Å²) in [5.41, 5.74) is 3.76. The Balaban J connectivity index is 2.21. The molecule has 158 valence electrons. The van der Waals surface area contributed by atoms with E-state index in [2.05, 4.69) is 4.72 Å². The lowest BCUT2D eigenvalue weighted by molar-refractivity contribution is 0.0533. The second-order valence-electron chi connectivity index (χ2n) is 6.52. The van der Waals surface area contributed by atoms with Crippen LogP contribution in [-0.4, -0.2) is 35.4 Å². The van der Waals surface area contributed by atoms with Gasteiger partial charge in [0, 0.05) is 41.6 Å². The second-order valence-corrected chi connectivity index (χ2v) is 8.65. The van der Waals surface area contributed by atoms with Gasteiger partial charge in [0.1, 0.15) is 4.88 Å². The van der Waals surface area contributed by atoms with Crippen LogP contribution in [0.1, 0.15) is 16.6 Å². The lowest BCUT2D eigenvalue weighted by Crippen LogP contribution is -2.11. The van der Waals surface area contributed by atoms with Crippen molar-refractivity contribution < 1.29 is 18.3 Å². The SMILES string of the molecule is CCOC(=O)c1sc(-c2ccc(Cl)cc2)c(N(C)C)c1-c1ccc(NS(=O)[O-])cc1. The van der Waals surface area contributed by atoms with Crippen LogP contribution in [0.4, 0.5) is 11.4 Å². The van der Waals surface area contributed by atoms with Crippen LogP contribution in [0.5, 0.6) is 0 Å². The van der Waals surface area contributed by atoms with Crippen LogP contribution >= 0.6 is 22.9 Å². The van der Waals surface area contributed by atoms with Gasteiger partial charge in [0.2, 0.25) is 0 Å². The summed E-state index contributed by atoms with van der Waals surface area (Å²) < 4.78 is 29.4. The molecule has 9 heteroatoms. The largest absolute Gasteiger partial charge is 0.755 e. The lowest BCUT2D eigenvalue weighted by Gasteiger charge is -2.18. The molecule has 0 aliphatic rings. The Kier molecular flexibility index (Phi) is 7.14. The first-order chi connectivity index (χ1) is 14.3. The molecule has 0 saturated heterocycles. The van der Waals surface area contributed by atoms with Crippen LogP contribution in [0.2, 0.25) is 5.02 Å². The molecule has 1 N–H and O–H groups in total. The molecule has 1 atom stereocenters. The standard InChI is InChI=1S/C21H21ClN2O4S2/c1-4-28-21(25)20-17(13-7-11-16(12-8-13)23-30(26)27)18(24(2)3)19(29-20)14-5-9-15(22)10-6-14/h5-12,23H,4H2,1-3H3,(H,26,27)/p-1. The maximum Gasteiger partial charge on any atom is 0.349 e. The van der Waals surface area contributed by atoms with Gasteiger partial charge >= 0.3 is 5.97 Å². The number of esters is 1. The van der Waals surface area contributed by atoms with Crippen LogP contribution < -0.4 is 9.62 Å². The highest BCUT2D eigenvalue weighted by Gasteiger charge is 2.27. The highest BCUT2D eigenvalue weighted by Crippen LogP contribution is 2.48. The monoisotopic (exact) mass is 463 g/mol. The zero-order valence-corrected chi connectivity index (χ0v) is 19.0. The molecule has 0 bridgehead atoms. The number of nitrogens with zero attached hydrogens (tertiary/aromatic N) is 1. The minimum atomic E-state index is -2.41. The van der Waals surface area contributed by atoms with Crippen molar-refractivity contribution in [3.63, 3.8) is 0 Å². The van der Waals surface area contributed by atoms with E-state index in [0.717, 1.165) is 27.3 Å². The molecule has 0 saturated carbocycles. The number of hydrogen-bond donors (Lipinski definition) is 1. The number of ether oxygens (including phenoxy) is 1. The normalized spacial score (nSPS) is 11.8. The van der Waals surface area contributed by atoms with E-state index in [-0.39, 0.29) is 6.61 Å². The third-order valence-corrected chi connectivity index (χ3v) is 6.13. The van der Waals surface area contributed by atoms with Gasteiger partial charge in [0.05, 0.1) is 17.2 Å². The number of benzene rings is 2. The maximum atomic E-state index is 12.8. The number of rotatable bonds is 7. The Bertz CT molecular complexity index is 1060. The molecule has 6 nitrogen and oxygen atoms in total. The molecule has 0 radical (unpaired) electrons. The fourth-order valence-electron chi connectivity index (χ4n) is 3.06. The minimum absolute atomic E-state index is 0.266. The lowest BCUT2D eigenvalue weighted by atomic mass is 10.0. The molecule has 1 unspecified atom stereocenters. The van der Waals surface area contributed by atoms with Crippen molar-refractivity contribution in [3.8, 4) is 21.6 Å². The zero-order chi connectivity index (χ0) is 21.8. The van der Waals surface area contributed by atoms with Crippen molar-refractivity contribution in [2.24, 2.45) is 0 Å². The molecular formula is C21H20ClN2O4S2-. The van der Waals surface area contributed by atoms with Gasteiger partial charge in [0.15, 0.2) is 0 Å². The Morgan fingerprint density at radius 1 is 1.13 bits per heavy atom. The molecule has 3 aromatic rings. The second kappa shape index (κ2) is 9.61. The van der Waals surface area contributed by atoms with Crippen LogP contribution in [0, 0.1) is 0 Å². The van der Waals surface area contributed by atoms with Gasteiger partial charge < -0.3 is 18.9 Å². The fraction of sp³-hybridized carbons (Fsp3) is 0.190. The van der Waals surface area contributed by atoms with Crippen molar-refractivity contribution in [2.75, 3.05) is 30.3 Å². The van der Waals surface area contributed by atoms with E-state index in [1.807, 2.05) is 43.3 Å². The number of nitrogens with one attached hydrogen (secondary N) is 1. The van der Waals surface area contributed by atoms with E-state index < -0.39 is 17.2 Å². The predicted molar refractivity (Wildman–Crippen MR) is 123 cm³/mol. The van der Waals surface area contributed by atoms with Crippen molar-refractivity contribution in [2.45, 2.75) is 6.92 Å². The summed E-state index contributed by atoms with van der Waals surface area (Å²) in [6.45, 7) is 2.03. The fourth-order valence-corrected chi connectivity index (χ4v) is 4.81. The van der Waals surface area contributed by atoms with Crippen molar-refractivity contribution in [1.29, 1.82) is 0 Å². The Labute approximate surface area is 186 Å². The predicted octanol–water partition coefficient (Wildman–Crippen LogP) is 5.18. The molecule has 1 aromatic heterocycles. The molecule has 1 heterocycles. The molecule has 0 aliphatic carbocycles. The highest BCUT2D eigenvalue weighted by molar-refractivity contribution is 7.80. The Morgan fingerprint density at radius 2 is 1.73 bits per heavy atom. The average Bonchev–Trinajstić information content (AvgIpc) is 3.10. The number of halogens is 1. The Hall–Kier alpha value is -2.39. The highest BCUT2D eigenvalue weighted by atomic mass is 35.5. The van der Waals surface area contributed by atoms with Crippen molar-refractivity contribution >= 4 is 51.5 Å². The minimum Gasteiger partial charge on any atom is -0.755 e. The number of anilines is 2. The summed E-state index contributed by atoms with van der Waals surface area (Å²) in [5, 5.41) is 0.631. The van der Waals surface area contributed by atoms with Gasteiger partial charge in [-0.15, -0.1) is 11.3 Å². The van der Waals surface area contributed by atoms with Crippen LogP contribution in [0.15, 0.2) is 48.5 Å². The van der Waals surface area contributed by atoms with Gasteiger partial charge in [-0.05, 0) is 42.3 Å². The third-order valence-electron chi connectivity index (χ3n) is 4.27. The quantitative estimate of drug-likeness (QED) is 0.385. The first kappa shape index (κ1) is 22.3. The zero-order valence-electron chi connectivity index (χ0n) is 16.6. The first-order valence-electron chi connectivity index (χ1n) is 9.05. The molecule has 2 aromatic carbocycles. The topological polar surface area (TPSA) is 81.7 Å². The van der Waals surface area contributed by atoms with Crippen molar-refractivity contribution in [3.05, 3.63) is 58.4 Å². The van der Waals surface area contributed by atoms with E-state index in [1.165, 1.54) is 11.3 Å². The van der Waals surface area contributed by atoms with Crippen LogP contribution in [0.25, 0.3) is 21.6 Å². The number of carbonyl (C=O) groups is 1.